The molecule has 0 aliphatic rings. The van der Waals surface area contributed by atoms with Gasteiger partial charge >= 0.3 is 12.1 Å². The Hall–Kier alpha value is -5.71. The lowest BCUT2D eigenvalue weighted by Crippen LogP contribution is -2.34. The van der Waals surface area contributed by atoms with Crippen LogP contribution in [0.25, 0.3) is 16.5 Å². The van der Waals surface area contributed by atoms with Gasteiger partial charge < -0.3 is 21.1 Å². The van der Waals surface area contributed by atoms with Gasteiger partial charge in [0.1, 0.15) is 17.3 Å². The molecule has 0 bridgehead atoms. The molecular weight excluding hydrogens is 570 g/mol. The molecule has 2 aromatic heterocycles. The quantitative estimate of drug-likeness (QED) is 0.156. The van der Waals surface area contributed by atoms with E-state index in [2.05, 4.69) is 41.7 Å². The number of carbonyl (C=O) groups excluding carboxylic acids is 3. The number of aryl methyl sites for hydroxylation is 1. The highest BCUT2D eigenvalue weighted by molar-refractivity contribution is 6.07. The Morgan fingerprint density at radius 3 is 2.36 bits per heavy atom. The van der Waals surface area contributed by atoms with Crippen molar-refractivity contribution in [1.82, 2.24) is 20.1 Å². The highest BCUT2D eigenvalue weighted by atomic mass is 16.5. The number of ketones is 1. The number of pyridine rings is 1. The molecule has 0 saturated heterocycles. The number of benzene rings is 3. The summed E-state index contributed by atoms with van der Waals surface area (Å²) in [5.41, 5.74) is 8.71. The number of nitrogens with zero attached hydrogens (tertiary/aromatic N) is 3. The molecule has 4 amide bonds. The number of nitrogens with one attached hydrogen (secondary N) is 3. The van der Waals surface area contributed by atoms with E-state index >= 15 is 0 Å². The number of carbonyl (C=O) groups is 3. The second kappa shape index (κ2) is 12.9. The van der Waals surface area contributed by atoms with Crippen molar-refractivity contribution in [2.45, 2.75) is 39.5 Å². The minimum Gasteiger partial charge on any atom is -0.457 e. The minimum absolute atomic E-state index is 0.0102. The molecule has 5 aromatic rings. The van der Waals surface area contributed by atoms with E-state index in [1.807, 2.05) is 61.5 Å². The van der Waals surface area contributed by atoms with Crippen LogP contribution in [0.5, 0.6) is 11.5 Å². The number of Topliss-reactive ketones (excluding diaryl/α,β-unsaturated/α-hetero) is 1. The number of rotatable bonds is 9. The van der Waals surface area contributed by atoms with Crippen LogP contribution in [0.1, 0.15) is 37.7 Å². The Labute approximate surface area is 260 Å². The van der Waals surface area contributed by atoms with Crippen LogP contribution in [0.2, 0.25) is 0 Å². The van der Waals surface area contributed by atoms with E-state index in [9.17, 15) is 14.4 Å². The molecule has 45 heavy (non-hydrogen) atoms. The van der Waals surface area contributed by atoms with Gasteiger partial charge in [0, 0.05) is 34.5 Å². The second-order valence-corrected chi connectivity index (χ2v) is 11.7. The molecule has 2 heterocycles. The smallest absolute Gasteiger partial charge is 0.324 e. The maximum Gasteiger partial charge on any atom is 0.324 e. The van der Waals surface area contributed by atoms with E-state index in [-0.39, 0.29) is 24.2 Å². The van der Waals surface area contributed by atoms with Crippen LogP contribution in [0.15, 0.2) is 85.1 Å². The summed E-state index contributed by atoms with van der Waals surface area (Å²) in [7, 11) is 0. The Kier molecular flexibility index (Phi) is 8.80. The number of amides is 4. The third kappa shape index (κ3) is 7.63. The predicted octanol–water partition coefficient (Wildman–Crippen LogP) is 6.24. The number of ether oxygens (including phenoxy) is 1. The lowest BCUT2D eigenvalue weighted by molar-refractivity contribution is -0.117. The molecule has 0 atom stereocenters. The third-order valence-electron chi connectivity index (χ3n) is 6.98. The van der Waals surface area contributed by atoms with Crippen LogP contribution in [0, 0.1) is 6.92 Å². The molecular formula is C34H35N7O4. The van der Waals surface area contributed by atoms with Gasteiger partial charge in [0.2, 0.25) is 0 Å². The van der Waals surface area contributed by atoms with Gasteiger partial charge in [0.05, 0.1) is 35.7 Å². The van der Waals surface area contributed by atoms with Gasteiger partial charge in [-0.15, -0.1) is 0 Å². The van der Waals surface area contributed by atoms with Crippen molar-refractivity contribution in [3.05, 3.63) is 102 Å². The van der Waals surface area contributed by atoms with Crippen LogP contribution >= 0.6 is 0 Å². The molecule has 0 radical (unpaired) electrons. The zero-order valence-electron chi connectivity index (χ0n) is 25.5. The number of nitrogens with two attached hydrogens (primary N) is 1. The molecule has 3 aromatic carbocycles. The molecule has 0 unspecified atom stereocenters. The first-order valence-corrected chi connectivity index (χ1v) is 14.4. The van der Waals surface area contributed by atoms with Crippen LogP contribution < -0.4 is 26.4 Å². The maximum atomic E-state index is 13.3. The van der Waals surface area contributed by atoms with Crippen molar-refractivity contribution in [1.29, 1.82) is 0 Å². The largest absolute Gasteiger partial charge is 0.457 e. The Balaban J connectivity index is 1.35. The molecule has 5 rings (SSSR count). The summed E-state index contributed by atoms with van der Waals surface area (Å²) in [6.45, 7) is 8.06. The van der Waals surface area contributed by atoms with E-state index in [4.69, 9.17) is 15.6 Å². The fourth-order valence-corrected chi connectivity index (χ4v) is 4.65. The molecule has 230 valence electrons. The SMILES string of the molecule is Cc1ccc(-n2nc(C(C)(C)C)cc2NC(=O)Nc2ccc(Oc3ccnc(CC(=O)CNC(N)=O)c3)c3ccccc23)cc1. The van der Waals surface area contributed by atoms with Gasteiger partial charge in [-0.25, -0.2) is 14.3 Å². The molecule has 0 saturated carbocycles. The van der Waals surface area contributed by atoms with Gasteiger partial charge in [-0.1, -0.05) is 62.7 Å². The number of fused-ring (bicyclic) bond motifs is 1. The highest BCUT2D eigenvalue weighted by Gasteiger charge is 2.22. The molecule has 0 aliphatic heterocycles. The second-order valence-electron chi connectivity index (χ2n) is 11.7. The maximum absolute atomic E-state index is 13.3. The van der Waals surface area contributed by atoms with Crippen molar-refractivity contribution < 1.29 is 19.1 Å². The summed E-state index contributed by atoms with van der Waals surface area (Å²) < 4.78 is 7.93. The van der Waals surface area contributed by atoms with Crippen LogP contribution in [0.4, 0.5) is 21.1 Å². The predicted molar refractivity (Wildman–Crippen MR) is 174 cm³/mol. The monoisotopic (exact) mass is 605 g/mol. The molecule has 0 aliphatic carbocycles. The van der Waals surface area contributed by atoms with Gasteiger partial charge in [0.25, 0.3) is 0 Å². The number of primary amides is 1. The van der Waals surface area contributed by atoms with Crippen molar-refractivity contribution in [2.24, 2.45) is 5.73 Å². The number of urea groups is 2. The Morgan fingerprint density at radius 1 is 0.911 bits per heavy atom. The summed E-state index contributed by atoms with van der Waals surface area (Å²) in [6, 6.07) is 23.1. The fourth-order valence-electron chi connectivity index (χ4n) is 4.65. The van der Waals surface area contributed by atoms with E-state index in [1.165, 1.54) is 0 Å². The van der Waals surface area contributed by atoms with Crippen molar-refractivity contribution >= 4 is 40.1 Å². The number of anilines is 2. The first-order valence-electron chi connectivity index (χ1n) is 14.4. The summed E-state index contributed by atoms with van der Waals surface area (Å²) >= 11 is 0. The van der Waals surface area contributed by atoms with Crippen molar-refractivity contribution in [2.75, 3.05) is 17.2 Å². The first kappa shape index (κ1) is 30.7. The Morgan fingerprint density at radius 2 is 1.64 bits per heavy atom. The summed E-state index contributed by atoms with van der Waals surface area (Å²) in [5.74, 6) is 1.35. The number of hydrogen-bond acceptors (Lipinski definition) is 6. The Bertz CT molecular complexity index is 1870. The van der Waals surface area contributed by atoms with Crippen molar-refractivity contribution in [3.63, 3.8) is 0 Å². The third-order valence-corrected chi connectivity index (χ3v) is 6.98. The zero-order chi connectivity index (χ0) is 32.1. The minimum atomic E-state index is -0.765. The molecule has 0 spiro atoms. The number of hydrogen-bond donors (Lipinski definition) is 4. The zero-order valence-corrected chi connectivity index (χ0v) is 25.5. The van der Waals surface area contributed by atoms with E-state index in [1.54, 1.807) is 35.1 Å². The lowest BCUT2D eigenvalue weighted by atomic mass is 9.92. The molecule has 0 fully saturated rings. The molecule has 11 heteroatoms. The van der Waals surface area contributed by atoms with Gasteiger partial charge in [-0.2, -0.15) is 5.10 Å². The summed E-state index contributed by atoms with van der Waals surface area (Å²) in [5, 5.41) is 14.6. The van der Waals surface area contributed by atoms with Crippen molar-refractivity contribution in [3.8, 4) is 17.2 Å². The first-order chi connectivity index (χ1) is 21.5. The van der Waals surface area contributed by atoms with E-state index in [0.717, 1.165) is 27.7 Å². The van der Waals surface area contributed by atoms with Gasteiger partial charge in [0.15, 0.2) is 5.78 Å². The lowest BCUT2D eigenvalue weighted by Gasteiger charge is -2.14. The van der Waals surface area contributed by atoms with E-state index in [0.29, 0.717) is 28.7 Å². The van der Waals surface area contributed by atoms with Crippen LogP contribution in [-0.4, -0.2) is 39.2 Å². The fraction of sp³-hybridized carbons (Fsp3) is 0.206. The van der Waals surface area contributed by atoms with Crippen LogP contribution in [0.3, 0.4) is 0 Å². The average molecular weight is 606 g/mol. The van der Waals surface area contributed by atoms with Gasteiger partial charge in [-0.05, 0) is 37.3 Å². The topological polar surface area (TPSA) is 153 Å². The normalized spacial score (nSPS) is 11.2. The van der Waals surface area contributed by atoms with Gasteiger partial charge in [-0.3, -0.25) is 15.1 Å². The standard InChI is InChI=1S/C34H35N7O4/c1-21-9-11-23(12-10-21)41-31(19-30(40-41)34(2,3)4)39-33(44)38-28-13-14-29(27-8-6-5-7-26(27)28)45-25-15-16-36-22(18-25)17-24(42)20-37-32(35)43/h5-16,18-19H,17,20H2,1-4H3,(H3,35,37,43)(H2,38,39,44). The summed E-state index contributed by atoms with van der Waals surface area (Å²) in [6.07, 6.45) is 1.56. The van der Waals surface area contributed by atoms with E-state index < -0.39 is 12.1 Å². The molecule has 5 N–H and O–H groups in total. The molecule has 11 nitrogen and oxygen atoms in total. The average Bonchev–Trinajstić information content (AvgIpc) is 3.42. The highest BCUT2D eigenvalue weighted by Crippen LogP contribution is 2.35. The van der Waals surface area contributed by atoms with Crippen LogP contribution in [-0.2, 0) is 16.6 Å². The summed E-state index contributed by atoms with van der Waals surface area (Å²) in [4.78, 5) is 40.6. The number of aromatic nitrogens is 3.